The molecule has 1 fully saturated rings. The largest absolute Gasteiger partial charge is 0.297 e. The highest BCUT2D eigenvalue weighted by atomic mass is 79.9. The van der Waals surface area contributed by atoms with Gasteiger partial charge in [-0.1, -0.05) is 58.4 Å². The Morgan fingerprint density at radius 3 is 2.26 bits per heavy atom. The van der Waals surface area contributed by atoms with E-state index in [1.165, 1.54) is 5.56 Å². The molecule has 0 radical (unpaired) electrons. The average molecular weight is 456 g/mol. The summed E-state index contributed by atoms with van der Waals surface area (Å²) >= 11 is 3.45. The number of benzene rings is 2. The van der Waals surface area contributed by atoms with Gasteiger partial charge in [0, 0.05) is 49.2 Å². The fraction of sp³-hybridized carbons (Fsp3) is 0.381. The molecule has 0 aromatic heterocycles. The summed E-state index contributed by atoms with van der Waals surface area (Å²) in [7, 11) is 0. The molecule has 0 bridgehead atoms. The van der Waals surface area contributed by atoms with Crippen molar-refractivity contribution < 1.29 is 9.18 Å². The lowest BCUT2D eigenvalue weighted by Crippen LogP contribution is -2.48. The van der Waals surface area contributed by atoms with Gasteiger partial charge in [-0.25, -0.2) is 4.39 Å². The lowest BCUT2D eigenvalue weighted by atomic mass is 10.1. The van der Waals surface area contributed by atoms with Crippen LogP contribution in [-0.4, -0.2) is 48.1 Å². The molecule has 27 heavy (non-hydrogen) atoms. The van der Waals surface area contributed by atoms with Crippen molar-refractivity contribution in [2.45, 2.75) is 25.7 Å². The normalized spacial score (nSPS) is 16.5. The zero-order valence-electron chi connectivity index (χ0n) is 15.2. The molecule has 2 aromatic carbocycles. The van der Waals surface area contributed by atoms with Crippen LogP contribution in [0.1, 0.15) is 28.8 Å². The van der Waals surface area contributed by atoms with E-state index in [2.05, 4.69) is 33.0 Å². The van der Waals surface area contributed by atoms with E-state index in [9.17, 15) is 9.18 Å². The predicted octanol–water partition coefficient (Wildman–Crippen LogP) is 4.95. The van der Waals surface area contributed by atoms with Crippen LogP contribution in [0.15, 0.2) is 59.1 Å². The van der Waals surface area contributed by atoms with Gasteiger partial charge in [0.25, 0.3) is 0 Å². The molecule has 0 N–H and O–H groups in total. The zero-order valence-corrected chi connectivity index (χ0v) is 17.6. The first-order chi connectivity index (χ1) is 12.6. The standard InChI is InChI=1S/C21H24BrFN2O.ClH/c22-19-8-6-17(7-9-19)16-24-12-14-25(15-13-24)21(23)11-10-20(26)18-4-2-1-3-5-18;/h1-9,21H,10-16H2;1H. The van der Waals surface area contributed by atoms with Gasteiger partial charge in [-0.3, -0.25) is 14.6 Å². The topological polar surface area (TPSA) is 23.6 Å². The minimum Gasteiger partial charge on any atom is -0.297 e. The van der Waals surface area contributed by atoms with Crippen LogP contribution in [0.3, 0.4) is 0 Å². The highest BCUT2D eigenvalue weighted by Gasteiger charge is 2.24. The Morgan fingerprint density at radius 1 is 1.00 bits per heavy atom. The van der Waals surface area contributed by atoms with Crippen LogP contribution in [0.4, 0.5) is 4.39 Å². The van der Waals surface area contributed by atoms with Gasteiger partial charge in [0.15, 0.2) is 12.1 Å². The van der Waals surface area contributed by atoms with E-state index in [-0.39, 0.29) is 31.0 Å². The van der Waals surface area contributed by atoms with Gasteiger partial charge in [0.2, 0.25) is 0 Å². The van der Waals surface area contributed by atoms with Crippen molar-refractivity contribution in [1.29, 1.82) is 0 Å². The van der Waals surface area contributed by atoms with Crippen LogP contribution < -0.4 is 0 Å². The van der Waals surface area contributed by atoms with E-state index >= 15 is 0 Å². The molecule has 0 amide bonds. The van der Waals surface area contributed by atoms with Gasteiger partial charge in [0.05, 0.1) is 0 Å². The number of piperazine rings is 1. The highest BCUT2D eigenvalue weighted by Crippen LogP contribution is 2.17. The maximum Gasteiger partial charge on any atom is 0.163 e. The van der Waals surface area contributed by atoms with Gasteiger partial charge in [-0.15, -0.1) is 12.4 Å². The molecule has 1 heterocycles. The molecular weight excluding hydrogens is 431 g/mol. The molecule has 0 aliphatic carbocycles. The number of nitrogens with zero attached hydrogens (tertiary/aromatic N) is 2. The van der Waals surface area contributed by atoms with Crippen molar-refractivity contribution in [3.8, 4) is 0 Å². The summed E-state index contributed by atoms with van der Waals surface area (Å²) in [5.41, 5.74) is 1.94. The second-order valence-electron chi connectivity index (χ2n) is 6.70. The molecule has 6 heteroatoms. The second-order valence-corrected chi connectivity index (χ2v) is 7.62. The first-order valence-corrected chi connectivity index (χ1v) is 9.84. The number of halogens is 3. The molecule has 146 valence electrons. The van der Waals surface area contributed by atoms with E-state index in [1.807, 2.05) is 35.2 Å². The number of alkyl halides is 1. The lowest BCUT2D eigenvalue weighted by molar-refractivity contribution is 0.0237. The lowest BCUT2D eigenvalue weighted by Gasteiger charge is -2.36. The molecule has 0 spiro atoms. The van der Waals surface area contributed by atoms with E-state index in [0.29, 0.717) is 18.7 Å². The summed E-state index contributed by atoms with van der Waals surface area (Å²) in [5, 5.41) is 0. The first kappa shape index (κ1) is 22.0. The van der Waals surface area contributed by atoms with E-state index < -0.39 is 6.30 Å². The summed E-state index contributed by atoms with van der Waals surface area (Å²) < 4.78 is 15.6. The van der Waals surface area contributed by atoms with Crippen molar-refractivity contribution in [3.05, 3.63) is 70.2 Å². The van der Waals surface area contributed by atoms with E-state index in [4.69, 9.17) is 0 Å². The van der Waals surface area contributed by atoms with Crippen LogP contribution in [-0.2, 0) is 6.54 Å². The summed E-state index contributed by atoms with van der Waals surface area (Å²) in [4.78, 5) is 16.3. The second kappa shape index (κ2) is 10.9. The minimum absolute atomic E-state index is 0. The fourth-order valence-electron chi connectivity index (χ4n) is 3.25. The molecule has 2 aromatic rings. The Labute approximate surface area is 175 Å². The molecular formula is C21H25BrClFN2O. The van der Waals surface area contributed by atoms with Crippen molar-refractivity contribution in [2.24, 2.45) is 0 Å². The minimum atomic E-state index is -1.04. The van der Waals surface area contributed by atoms with Crippen molar-refractivity contribution >= 4 is 34.1 Å². The van der Waals surface area contributed by atoms with Crippen molar-refractivity contribution in [3.63, 3.8) is 0 Å². The number of Topliss-reactive ketones (excluding diaryl/α,β-unsaturated/α-hetero) is 1. The number of carbonyl (C=O) groups excluding carboxylic acids is 1. The molecule has 1 aliphatic rings. The zero-order chi connectivity index (χ0) is 18.4. The molecule has 1 saturated heterocycles. The van der Waals surface area contributed by atoms with Gasteiger partial charge < -0.3 is 0 Å². The van der Waals surface area contributed by atoms with E-state index in [0.717, 1.165) is 24.1 Å². The van der Waals surface area contributed by atoms with Crippen LogP contribution in [0.2, 0.25) is 0 Å². The van der Waals surface area contributed by atoms with Crippen molar-refractivity contribution in [1.82, 2.24) is 9.80 Å². The third kappa shape index (κ3) is 6.68. The summed E-state index contributed by atoms with van der Waals surface area (Å²) in [5.74, 6) is 0.0159. The van der Waals surface area contributed by atoms with Crippen LogP contribution >= 0.6 is 28.3 Å². The number of carbonyl (C=O) groups is 1. The monoisotopic (exact) mass is 454 g/mol. The highest BCUT2D eigenvalue weighted by molar-refractivity contribution is 9.10. The van der Waals surface area contributed by atoms with Crippen LogP contribution in [0.5, 0.6) is 0 Å². The molecule has 1 aliphatic heterocycles. The predicted molar refractivity (Wildman–Crippen MR) is 113 cm³/mol. The van der Waals surface area contributed by atoms with Crippen LogP contribution in [0, 0.1) is 0 Å². The van der Waals surface area contributed by atoms with Gasteiger partial charge in [0.1, 0.15) is 0 Å². The average Bonchev–Trinajstić information content (AvgIpc) is 2.69. The Kier molecular flexibility index (Phi) is 8.90. The Hall–Kier alpha value is -1.27. The smallest absolute Gasteiger partial charge is 0.163 e. The maximum absolute atomic E-state index is 14.5. The third-order valence-electron chi connectivity index (χ3n) is 4.83. The van der Waals surface area contributed by atoms with E-state index in [1.54, 1.807) is 12.1 Å². The Balaban J connectivity index is 0.00000261. The summed E-state index contributed by atoms with van der Waals surface area (Å²) in [6.45, 7) is 4.01. The van der Waals surface area contributed by atoms with Gasteiger partial charge >= 0.3 is 0 Å². The fourth-order valence-corrected chi connectivity index (χ4v) is 3.52. The molecule has 3 rings (SSSR count). The van der Waals surface area contributed by atoms with Gasteiger partial charge in [-0.05, 0) is 24.1 Å². The first-order valence-electron chi connectivity index (χ1n) is 9.05. The number of hydrogen-bond acceptors (Lipinski definition) is 3. The summed E-state index contributed by atoms with van der Waals surface area (Å²) in [6, 6.07) is 17.5. The van der Waals surface area contributed by atoms with Gasteiger partial charge in [-0.2, -0.15) is 0 Å². The molecule has 1 unspecified atom stereocenters. The molecule has 0 saturated carbocycles. The number of ketones is 1. The van der Waals surface area contributed by atoms with Crippen LogP contribution in [0.25, 0.3) is 0 Å². The molecule has 3 nitrogen and oxygen atoms in total. The summed E-state index contributed by atoms with van der Waals surface area (Å²) in [6.07, 6.45) is -0.525. The maximum atomic E-state index is 14.5. The third-order valence-corrected chi connectivity index (χ3v) is 5.36. The SMILES string of the molecule is Cl.O=C(CCC(F)N1CCN(Cc2ccc(Br)cc2)CC1)c1ccccc1. The Morgan fingerprint density at radius 2 is 1.63 bits per heavy atom. The van der Waals surface area contributed by atoms with Crippen molar-refractivity contribution in [2.75, 3.05) is 26.2 Å². The quantitative estimate of drug-likeness (QED) is 0.436. The number of hydrogen-bond donors (Lipinski definition) is 0. The molecule has 1 atom stereocenters. The number of rotatable bonds is 7. The Bertz CT molecular complexity index is 706.